The van der Waals surface area contributed by atoms with Crippen LogP contribution in [-0.2, 0) is 16.0 Å². The highest BCUT2D eigenvalue weighted by atomic mass is 16.2. The molecule has 1 unspecified atom stereocenters. The fraction of sp³-hybridized carbons (Fsp3) is 0.231. The molecule has 7 heteroatoms. The quantitative estimate of drug-likeness (QED) is 0.748. The van der Waals surface area contributed by atoms with Crippen molar-refractivity contribution in [2.24, 2.45) is 0 Å². The zero-order chi connectivity index (χ0) is 14.1. The highest BCUT2D eigenvalue weighted by molar-refractivity contribution is 6.44. The molecule has 2 amide bonds. The maximum Gasteiger partial charge on any atom is 0.317 e. The summed E-state index contributed by atoms with van der Waals surface area (Å²) in [6, 6.07) is 7.55. The number of nitrogens with one attached hydrogen (secondary N) is 2. The molecule has 3 rings (SSSR count). The van der Waals surface area contributed by atoms with Gasteiger partial charge in [0.2, 0.25) is 5.95 Å². The van der Waals surface area contributed by atoms with Gasteiger partial charge in [0.1, 0.15) is 6.33 Å². The summed E-state index contributed by atoms with van der Waals surface area (Å²) in [5.74, 6) is -1.17. The Morgan fingerprint density at radius 1 is 1.40 bits per heavy atom. The first-order valence-corrected chi connectivity index (χ1v) is 6.24. The highest BCUT2D eigenvalue weighted by Gasteiger charge is 2.34. The lowest BCUT2D eigenvalue weighted by Gasteiger charge is -2.21. The lowest BCUT2D eigenvalue weighted by atomic mass is 10.1. The number of anilines is 2. The number of aromatic nitrogens is 3. The molecule has 2 N–H and O–H groups in total. The SMILES string of the molecule is CC1Cc2ccccc2N1C(=O)C(=O)Nc1ncn[nH]1. The molecule has 1 aliphatic rings. The number of benzene rings is 1. The van der Waals surface area contributed by atoms with Crippen molar-refractivity contribution in [3.63, 3.8) is 0 Å². The summed E-state index contributed by atoms with van der Waals surface area (Å²) in [5.41, 5.74) is 1.86. The third-order valence-electron chi connectivity index (χ3n) is 3.27. The van der Waals surface area contributed by atoms with Crippen LogP contribution < -0.4 is 10.2 Å². The van der Waals surface area contributed by atoms with E-state index in [1.54, 1.807) is 0 Å². The van der Waals surface area contributed by atoms with Crippen molar-refractivity contribution in [2.75, 3.05) is 10.2 Å². The van der Waals surface area contributed by atoms with Crippen LogP contribution in [0.4, 0.5) is 11.6 Å². The summed E-state index contributed by atoms with van der Waals surface area (Å²) in [4.78, 5) is 29.5. The number of para-hydroxylation sites is 1. The summed E-state index contributed by atoms with van der Waals surface area (Å²) >= 11 is 0. The summed E-state index contributed by atoms with van der Waals surface area (Å²) in [6.07, 6.45) is 2.01. The van der Waals surface area contributed by atoms with Crippen molar-refractivity contribution in [2.45, 2.75) is 19.4 Å². The topological polar surface area (TPSA) is 91.0 Å². The van der Waals surface area contributed by atoms with Gasteiger partial charge >= 0.3 is 11.8 Å². The molecule has 0 bridgehead atoms. The van der Waals surface area contributed by atoms with Crippen molar-refractivity contribution >= 4 is 23.5 Å². The number of hydrogen-bond donors (Lipinski definition) is 2. The Balaban J connectivity index is 1.82. The molecule has 0 fully saturated rings. The van der Waals surface area contributed by atoms with Crippen LogP contribution in [0.2, 0.25) is 0 Å². The van der Waals surface area contributed by atoms with Gasteiger partial charge in [-0.25, -0.2) is 5.10 Å². The lowest BCUT2D eigenvalue weighted by Crippen LogP contribution is -2.43. The van der Waals surface area contributed by atoms with Gasteiger partial charge in [0.05, 0.1) is 0 Å². The number of H-pyrrole nitrogens is 1. The van der Waals surface area contributed by atoms with E-state index in [2.05, 4.69) is 20.5 Å². The van der Waals surface area contributed by atoms with Gasteiger partial charge in [0.25, 0.3) is 0 Å². The van der Waals surface area contributed by atoms with Crippen LogP contribution in [0.15, 0.2) is 30.6 Å². The van der Waals surface area contributed by atoms with E-state index >= 15 is 0 Å². The minimum atomic E-state index is -0.731. The second-order valence-electron chi connectivity index (χ2n) is 4.65. The van der Waals surface area contributed by atoms with Crippen molar-refractivity contribution in [1.82, 2.24) is 15.2 Å². The van der Waals surface area contributed by atoms with Crippen molar-refractivity contribution in [3.8, 4) is 0 Å². The molecule has 0 saturated heterocycles. The van der Waals surface area contributed by atoms with Gasteiger partial charge < -0.3 is 4.90 Å². The monoisotopic (exact) mass is 271 g/mol. The average Bonchev–Trinajstić information content (AvgIpc) is 3.04. The Kier molecular flexibility index (Phi) is 2.94. The van der Waals surface area contributed by atoms with Crippen molar-refractivity contribution in [3.05, 3.63) is 36.2 Å². The number of hydrogen-bond acceptors (Lipinski definition) is 4. The Morgan fingerprint density at radius 3 is 2.95 bits per heavy atom. The van der Waals surface area contributed by atoms with E-state index in [1.807, 2.05) is 31.2 Å². The summed E-state index contributed by atoms with van der Waals surface area (Å²) in [6.45, 7) is 1.92. The Labute approximate surface area is 115 Å². The molecule has 1 atom stereocenters. The molecule has 20 heavy (non-hydrogen) atoms. The average molecular weight is 271 g/mol. The molecule has 0 radical (unpaired) electrons. The van der Waals surface area contributed by atoms with Crippen LogP contribution in [-0.4, -0.2) is 33.0 Å². The van der Waals surface area contributed by atoms with E-state index in [0.717, 1.165) is 17.7 Å². The molecule has 0 spiro atoms. The molecule has 7 nitrogen and oxygen atoms in total. The van der Waals surface area contributed by atoms with Crippen LogP contribution in [0.25, 0.3) is 0 Å². The Morgan fingerprint density at radius 2 is 2.20 bits per heavy atom. The molecule has 2 aromatic rings. The van der Waals surface area contributed by atoms with Gasteiger partial charge in [-0.3, -0.25) is 14.9 Å². The van der Waals surface area contributed by atoms with E-state index in [-0.39, 0.29) is 12.0 Å². The van der Waals surface area contributed by atoms with Crippen molar-refractivity contribution in [1.29, 1.82) is 0 Å². The molecule has 1 aromatic carbocycles. The lowest BCUT2D eigenvalue weighted by molar-refractivity contribution is -0.134. The molecule has 1 aliphatic heterocycles. The molecule has 102 valence electrons. The summed E-state index contributed by atoms with van der Waals surface area (Å²) in [7, 11) is 0. The van der Waals surface area contributed by atoms with Crippen LogP contribution in [0.1, 0.15) is 12.5 Å². The smallest absolute Gasteiger partial charge is 0.301 e. The number of aromatic amines is 1. The predicted molar refractivity (Wildman–Crippen MR) is 72.1 cm³/mol. The first-order chi connectivity index (χ1) is 9.66. The standard InChI is InChI=1S/C13H13N5O2/c1-8-6-9-4-2-3-5-10(9)18(8)12(20)11(19)16-13-14-7-15-17-13/h2-5,7-8H,6H2,1H3,(H2,14,15,16,17,19). The second-order valence-corrected chi connectivity index (χ2v) is 4.65. The van der Waals surface area contributed by atoms with E-state index < -0.39 is 11.8 Å². The summed E-state index contributed by atoms with van der Waals surface area (Å²) < 4.78 is 0. The molecule has 0 aliphatic carbocycles. The number of fused-ring (bicyclic) bond motifs is 1. The fourth-order valence-corrected chi connectivity index (χ4v) is 2.41. The zero-order valence-electron chi connectivity index (χ0n) is 10.8. The minimum Gasteiger partial charge on any atom is -0.301 e. The maximum atomic E-state index is 12.3. The molecule has 0 saturated carbocycles. The van der Waals surface area contributed by atoms with Crippen LogP contribution in [0.5, 0.6) is 0 Å². The van der Waals surface area contributed by atoms with Crippen LogP contribution in [0.3, 0.4) is 0 Å². The molecular formula is C13H13N5O2. The number of carbonyl (C=O) groups is 2. The van der Waals surface area contributed by atoms with Crippen LogP contribution >= 0.6 is 0 Å². The van der Waals surface area contributed by atoms with Gasteiger partial charge in [0.15, 0.2) is 0 Å². The van der Waals surface area contributed by atoms with E-state index in [9.17, 15) is 9.59 Å². The second kappa shape index (κ2) is 4.76. The molecular weight excluding hydrogens is 258 g/mol. The minimum absolute atomic E-state index is 0.0413. The third-order valence-corrected chi connectivity index (χ3v) is 3.27. The Bertz CT molecular complexity index is 653. The van der Waals surface area contributed by atoms with Gasteiger partial charge in [-0.15, -0.1) is 0 Å². The number of carbonyl (C=O) groups excluding carboxylic acids is 2. The number of nitrogens with zero attached hydrogens (tertiary/aromatic N) is 3. The molecule has 2 heterocycles. The van der Waals surface area contributed by atoms with Gasteiger partial charge in [0, 0.05) is 11.7 Å². The van der Waals surface area contributed by atoms with Crippen molar-refractivity contribution < 1.29 is 9.59 Å². The van der Waals surface area contributed by atoms with Gasteiger partial charge in [-0.1, -0.05) is 18.2 Å². The first-order valence-electron chi connectivity index (χ1n) is 6.24. The largest absolute Gasteiger partial charge is 0.317 e. The number of rotatable bonds is 1. The first kappa shape index (κ1) is 12.3. The summed E-state index contributed by atoms with van der Waals surface area (Å²) in [5, 5.41) is 8.48. The molecule has 1 aromatic heterocycles. The number of amides is 2. The normalized spacial score (nSPS) is 16.9. The van der Waals surface area contributed by atoms with E-state index in [1.165, 1.54) is 11.2 Å². The maximum absolute atomic E-state index is 12.3. The predicted octanol–water partition coefficient (Wildman–Crippen LogP) is 0.721. The van der Waals surface area contributed by atoms with Gasteiger partial charge in [-0.2, -0.15) is 10.1 Å². The zero-order valence-corrected chi connectivity index (χ0v) is 10.8. The van der Waals surface area contributed by atoms with E-state index in [0.29, 0.717) is 0 Å². The Hall–Kier alpha value is -2.70. The van der Waals surface area contributed by atoms with E-state index in [4.69, 9.17) is 0 Å². The van der Waals surface area contributed by atoms with Crippen LogP contribution in [0, 0.1) is 0 Å². The van der Waals surface area contributed by atoms with Gasteiger partial charge in [-0.05, 0) is 25.0 Å². The highest BCUT2D eigenvalue weighted by Crippen LogP contribution is 2.31. The fourth-order valence-electron chi connectivity index (χ4n) is 2.41. The third kappa shape index (κ3) is 2.03.